The number of amides is 1. The Labute approximate surface area is 125 Å². The standard InChI is InChI=1S/C16H18N2O.ClH/c19-16(18-11-4-9-17-10-12-18)15-8-3-6-13-5-1-2-7-14(13)15;/h1-3,5-8,17H,4,9-12H2;1H. The Morgan fingerprint density at radius 1 is 1.00 bits per heavy atom. The first-order valence-corrected chi connectivity index (χ1v) is 6.84. The second-order valence-electron chi connectivity index (χ2n) is 4.92. The number of hydrogen-bond donors (Lipinski definition) is 1. The number of carbonyl (C=O) groups excluding carboxylic acids is 1. The van der Waals surface area contributed by atoms with Crippen LogP contribution in [0.3, 0.4) is 0 Å². The molecule has 0 bridgehead atoms. The zero-order valence-corrected chi connectivity index (χ0v) is 12.2. The van der Waals surface area contributed by atoms with Gasteiger partial charge >= 0.3 is 0 Å². The van der Waals surface area contributed by atoms with Gasteiger partial charge in [-0.25, -0.2) is 0 Å². The van der Waals surface area contributed by atoms with Gasteiger partial charge in [-0.05, 0) is 29.8 Å². The van der Waals surface area contributed by atoms with E-state index >= 15 is 0 Å². The number of halogens is 1. The molecule has 20 heavy (non-hydrogen) atoms. The predicted octanol–water partition coefficient (Wildman–Crippen LogP) is 2.70. The minimum atomic E-state index is 0. The first kappa shape index (κ1) is 14.8. The van der Waals surface area contributed by atoms with Crippen LogP contribution in [0, 0.1) is 0 Å². The molecule has 1 saturated heterocycles. The van der Waals surface area contributed by atoms with Gasteiger partial charge in [0.25, 0.3) is 5.91 Å². The van der Waals surface area contributed by atoms with Crippen molar-refractivity contribution in [2.24, 2.45) is 0 Å². The molecule has 1 amide bonds. The molecule has 1 aliphatic rings. The molecule has 0 radical (unpaired) electrons. The van der Waals surface area contributed by atoms with Crippen LogP contribution in [0.4, 0.5) is 0 Å². The molecule has 2 aromatic carbocycles. The van der Waals surface area contributed by atoms with E-state index in [1.165, 1.54) is 0 Å². The van der Waals surface area contributed by atoms with Crippen LogP contribution in [0.5, 0.6) is 0 Å². The lowest BCUT2D eigenvalue weighted by Gasteiger charge is -2.20. The van der Waals surface area contributed by atoms with Gasteiger partial charge in [-0.2, -0.15) is 0 Å². The van der Waals surface area contributed by atoms with E-state index in [-0.39, 0.29) is 18.3 Å². The van der Waals surface area contributed by atoms with E-state index in [4.69, 9.17) is 0 Å². The monoisotopic (exact) mass is 290 g/mol. The number of nitrogens with zero attached hydrogens (tertiary/aromatic N) is 1. The van der Waals surface area contributed by atoms with Gasteiger partial charge in [-0.1, -0.05) is 36.4 Å². The highest BCUT2D eigenvalue weighted by Crippen LogP contribution is 2.20. The molecule has 106 valence electrons. The van der Waals surface area contributed by atoms with Crippen LogP contribution in [-0.4, -0.2) is 37.0 Å². The SMILES string of the molecule is Cl.O=C(c1cccc2ccccc12)N1CCCNCC1. The molecule has 0 aromatic heterocycles. The average Bonchev–Trinajstić information content (AvgIpc) is 2.75. The van der Waals surface area contributed by atoms with Crippen LogP contribution in [0.25, 0.3) is 10.8 Å². The summed E-state index contributed by atoms with van der Waals surface area (Å²) in [5.41, 5.74) is 0.819. The van der Waals surface area contributed by atoms with Crippen LogP contribution in [0.2, 0.25) is 0 Å². The number of fused-ring (bicyclic) bond motifs is 1. The van der Waals surface area contributed by atoms with Crippen molar-refractivity contribution in [2.45, 2.75) is 6.42 Å². The summed E-state index contributed by atoms with van der Waals surface area (Å²) >= 11 is 0. The first-order valence-electron chi connectivity index (χ1n) is 6.84. The van der Waals surface area contributed by atoms with Crippen LogP contribution in [-0.2, 0) is 0 Å². The van der Waals surface area contributed by atoms with E-state index in [1.54, 1.807) is 0 Å². The van der Waals surface area contributed by atoms with Crippen LogP contribution in [0.1, 0.15) is 16.8 Å². The minimum Gasteiger partial charge on any atom is -0.337 e. The highest BCUT2D eigenvalue weighted by molar-refractivity contribution is 6.07. The lowest BCUT2D eigenvalue weighted by molar-refractivity contribution is 0.0768. The number of carbonyl (C=O) groups is 1. The Morgan fingerprint density at radius 3 is 2.70 bits per heavy atom. The molecule has 1 heterocycles. The second kappa shape index (κ2) is 6.73. The molecular formula is C16H19ClN2O. The van der Waals surface area contributed by atoms with Crippen molar-refractivity contribution in [1.29, 1.82) is 0 Å². The maximum atomic E-state index is 12.7. The molecule has 0 atom stereocenters. The topological polar surface area (TPSA) is 32.3 Å². The third kappa shape index (κ3) is 2.94. The maximum Gasteiger partial charge on any atom is 0.254 e. The van der Waals surface area contributed by atoms with E-state index < -0.39 is 0 Å². The van der Waals surface area contributed by atoms with E-state index in [0.29, 0.717) is 0 Å². The molecule has 1 aliphatic heterocycles. The van der Waals surface area contributed by atoms with E-state index in [1.807, 2.05) is 35.2 Å². The number of hydrogen-bond acceptors (Lipinski definition) is 2. The van der Waals surface area contributed by atoms with Gasteiger partial charge in [0, 0.05) is 25.2 Å². The zero-order chi connectivity index (χ0) is 13.1. The summed E-state index contributed by atoms with van der Waals surface area (Å²) in [5.74, 6) is 0.153. The molecule has 0 unspecified atom stereocenters. The fraction of sp³-hybridized carbons (Fsp3) is 0.312. The predicted molar refractivity (Wildman–Crippen MR) is 84.6 cm³/mol. The molecule has 1 fully saturated rings. The second-order valence-corrected chi connectivity index (χ2v) is 4.92. The van der Waals surface area contributed by atoms with Crippen molar-refractivity contribution in [2.75, 3.05) is 26.2 Å². The van der Waals surface area contributed by atoms with Gasteiger partial charge in [0.15, 0.2) is 0 Å². The van der Waals surface area contributed by atoms with Crippen molar-refractivity contribution < 1.29 is 4.79 Å². The summed E-state index contributed by atoms with van der Waals surface area (Å²) in [6.45, 7) is 3.52. The Bertz CT molecular complexity index is 587. The van der Waals surface area contributed by atoms with Crippen LogP contribution >= 0.6 is 12.4 Å². The fourth-order valence-electron chi connectivity index (χ4n) is 2.63. The Morgan fingerprint density at radius 2 is 1.80 bits per heavy atom. The molecule has 1 N–H and O–H groups in total. The van der Waals surface area contributed by atoms with E-state index in [2.05, 4.69) is 17.4 Å². The Balaban J connectivity index is 0.00000147. The van der Waals surface area contributed by atoms with Gasteiger partial charge in [0.05, 0.1) is 0 Å². The summed E-state index contributed by atoms with van der Waals surface area (Å²) in [5, 5.41) is 5.50. The van der Waals surface area contributed by atoms with Crippen molar-refractivity contribution in [3.63, 3.8) is 0 Å². The molecule has 4 heteroatoms. The summed E-state index contributed by atoms with van der Waals surface area (Å²) in [4.78, 5) is 14.6. The van der Waals surface area contributed by atoms with Gasteiger partial charge in [0.2, 0.25) is 0 Å². The minimum absolute atomic E-state index is 0. The van der Waals surface area contributed by atoms with Crippen LogP contribution in [0.15, 0.2) is 42.5 Å². The van der Waals surface area contributed by atoms with Crippen molar-refractivity contribution >= 4 is 29.1 Å². The smallest absolute Gasteiger partial charge is 0.254 e. The summed E-state index contributed by atoms with van der Waals surface area (Å²) in [6, 6.07) is 14.0. The van der Waals surface area contributed by atoms with Crippen LogP contribution < -0.4 is 5.32 Å². The van der Waals surface area contributed by atoms with Gasteiger partial charge in [-0.3, -0.25) is 4.79 Å². The normalized spacial score (nSPS) is 15.5. The Kier molecular flexibility index (Phi) is 4.99. The molecule has 0 spiro atoms. The molecule has 2 aromatic rings. The van der Waals surface area contributed by atoms with Gasteiger partial charge in [-0.15, -0.1) is 12.4 Å². The average molecular weight is 291 g/mol. The quantitative estimate of drug-likeness (QED) is 0.876. The third-order valence-electron chi connectivity index (χ3n) is 3.65. The lowest BCUT2D eigenvalue weighted by atomic mass is 10.0. The van der Waals surface area contributed by atoms with Gasteiger partial charge < -0.3 is 10.2 Å². The van der Waals surface area contributed by atoms with E-state index in [0.717, 1.165) is 48.9 Å². The summed E-state index contributed by atoms with van der Waals surface area (Å²) in [6.07, 6.45) is 1.02. The third-order valence-corrected chi connectivity index (χ3v) is 3.65. The zero-order valence-electron chi connectivity index (χ0n) is 11.3. The number of benzene rings is 2. The highest BCUT2D eigenvalue weighted by Gasteiger charge is 2.18. The highest BCUT2D eigenvalue weighted by atomic mass is 35.5. The largest absolute Gasteiger partial charge is 0.337 e. The molecule has 3 nitrogen and oxygen atoms in total. The lowest BCUT2D eigenvalue weighted by Crippen LogP contribution is -2.34. The maximum absolute atomic E-state index is 12.7. The molecular weight excluding hydrogens is 272 g/mol. The van der Waals surface area contributed by atoms with E-state index in [9.17, 15) is 4.79 Å². The first-order chi connectivity index (χ1) is 9.36. The number of nitrogens with one attached hydrogen (secondary N) is 1. The molecule has 0 aliphatic carbocycles. The molecule has 3 rings (SSSR count). The van der Waals surface area contributed by atoms with Crippen molar-refractivity contribution in [3.05, 3.63) is 48.0 Å². The summed E-state index contributed by atoms with van der Waals surface area (Å²) in [7, 11) is 0. The van der Waals surface area contributed by atoms with Crippen molar-refractivity contribution in [3.8, 4) is 0 Å². The number of rotatable bonds is 1. The summed E-state index contributed by atoms with van der Waals surface area (Å²) < 4.78 is 0. The Hall–Kier alpha value is -1.58. The fourth-order valence-corrected chi connectivity index (χ4v) is 2.63. The molecule has 0 saturated carbocycles. The van der Waals surface area contributed by atoms with Crippen molar-refractivity contribution in [1.82, 2.24) is 10.2 Å². The van der Waals surface area contributed by atoms with Gasteiger partial charge in [0.1, 0.15) is 0 Å².